The molecule has 0 spiro atoms. The minimum atomic E-state index is -0.570. The van der Waals surface area contributed by atoms with Gasteiger partial charge in [-0.2, -0.15) is 0 Å². The molecule has 0 unspecified atom stereocenters. The van der Waals surface area contributed by atoms with Crippen LogP contribution in [-0.2, 0) is 0 Å². The van der Waals surface area contributed by atoms with Crippen molar-refractivity contribution in [1.29, 1.82) is 0 Å². The molecule has 1 aliphatic carbocycles. The zero-order valence-electron chi connectivity index (χ0n) is 7.34. The molecule has 0 saturated heterocycles. The Morgan fingerprint density at radius 1 is 1.64 bits per heavy atom. The van der Waals surface area contributed by atoms with Crippen molar-refractivity contribution >= 4 is 11.5 Å². The van der Waals surface area contributed by atoms with E-state index in [1.54, 1.807) is 0 Å². The van der Waals surface area contributed by atoms with Crippen LogP contribution >= 0.6 is 0 Å². The number of nitrogen functional groups attached to an aromatic ring is 1. The Labute approximate surface area is 79.8 Å². The van der Waals surface area contributed by atoms with E-state index in [0.29, 0.717) is 11.4 Å². The van der Waals surface area contributed by atoms with Crippen LogP contribution in [-0.4, -0.2) is 16.0 Å². The fourth-order valence-electron chi connectivity index (χ4n) is 1.00. The molecule has 1 aromatic rings. The fraction of sp³-hybridized carbons (Fsp3) is 0.375. The maximum absolute atomic E-state index is 10.4. The number of hydrogen-bond acceptors (Lipinski definition) is 5. The predicted molar refractivity (Wildman–Crippen MR) is 49.0 cm³/mol. The van der Waals surface area contributed by atoms with Crippen molar-refractivity contribution in [2.75, 3.05) is 5.73 Å². The zero-order chi connectivity index (χ0) is 10.1. The number of nitro groups is 1. The summed E-state index contributed by atoms with van der Waals surface area (Å²) in [5, 5.41) is 10.4. The van der Waals surface area contributed by atoms with Gasteiger partial charge in [0.05, 0.1) is 12.2 Å². The van der Waals surface area contributed by atoms with Gasteiger partial charge in [0, 0.05) is 0 Å². The average molecular weight is 195 g/mol. The summed E-state index contributed by atoms with van der Waals surface area (Å²) in [4.78, 5) is 13.4. The van der Waals surface area contributed by atoms with Gasteiger partial charge in [0.25, 0.3) is 0 Å². The SMILES string of the molecule is Nc1cnc([N+](=O)[O-])cc1OC1CC1. The Morgan fingerprint density at radius 3 is 2.93 bits per heavy atom. The first-order valence-corrected chi connectivity index (χ1v) is 4.23. The van der Waals surface area contributed by atoms with E-state index in [2.05, 4.69) is 4.98 Å². The summed E-state index contributed by atoms with van der Waals surface area (Å²) in [6, 6.07) is 1.26. The minimum Gasteiger partial charge on any atom is -0.488 e. The summed E-state index contributed by atoms with van der Waals surface area (Å²) in [6.45, 7) is 0. The van der Waals surface area contributed by atoms with Gasteiger partial charge in [-0.05, 0) is 22.7 Å². The van der Waals surface area contributed by atoms with Crippen molar-refractivity contribution in [3.05, 3.63) is 22.4 Å². The molecule has 1 fully saturated rings. The highest BCUT2D eigenvalue weighted by Gasteiger charge is 2.25. The molecule has 1 aromatic heterocycles. The van der Waals surface area contributed by atoms with Gasteiger partial charge in [0.15, 0.2) is 11.9 Å². The van der Waals surface area contributed by atoms with Crippen molar-refractivity contribution in [3.8, 4) is 5.75 Å². The van der Waals surface area contributed by atoms with Crippen molar-refractivity contribution in [1.82, 2.24) is 4.98 Å². The summed E-state index contributed by atoms with van der Waals surface area (Å²) in [7, 11) is 0. The molecule has 0 bridgehead atoms. The molecule has 0 amide bonds. The number of nitrogens with two attached hydrogens (primary N) is 1. The van der Waals surface area contributed by atoms with Crippen LogP contribution in [0, 0.1) is 10.1 Å². The quantitative estimate of drug-likeness (QED) is 0.576. The third-order valence-corrected chi connectivity index (χ3v) is 1.89. The van der Waals surface area contributed by atoms with Crippen LogP contribution in [0.1, 0.15) is 12.8 Å². The van der Waals surface area contributed by atoms with Crippen LogP contribution in [0.4, 0.5) is 11.5 Å². The second-order valence-corrected chi connectivity index (χ2v) is 3.15. The molecule has 6 nitrogen and oxygen atoms in total. The van der Waals surface area contributed by atoms with Gasteiger partial charge in [0.1, 0.15) is 5.69 Å². The fourth-order valence-corrected chi connectivity index (χ4v) is 1.00. The monoisotopic (exact) mass is 195 g/mol. The molecule has 1 aliphatic rings. The number of hydrogen-bond donors (Lipinski definition) is 1. The van der Waals surface area contributed by atoms with Crippen molar-refractivity contribution in [2.45, 2.75) is 18.9 Å². The number of pyridine rings is 1. The Hall–Kier alpha value is -1.85. The van der Waals surface area contributed by atoms with Crippen LogP contribution in [0.3, 0.4) is 0 Å². The maximum Gasteiger partial charge on any atom is 0.367 e. The number of rotatable bonds is 3. The van der Waals surface area contributed by atoms with Gasteiger partial charge in [-0.25, -0.2) is 0 Å². The lowest BCUT2D eigenvalue weighted by atomic mass is 10.4. The van der Waals surface area contributed by atoms with Gasteiger partial charge in [-0.1, -0.05) is 0 Å². The number of anilines is 1. The zero-order valence-corrected chi connectivity index (χ0v) is 7.34. The molecule has 2 rings (SSSR count). The first kappa shape index (κ1) is 8.74. The largest absolute Gasteiger partial charge is 0.488 e. The summed E-state index contributed by atoms with van der Waals surface area (Å²) in [5.74, 6) is 0.115. The Balaban J connectivity index is 2.26. The van der Waals surface area contributed by atoms with E-state index in [1.807, 2.05) is 0 Å². The molecule has 0 aliphatic heterocycles. The molecule has 1 heterocycles. The van der Waals surface area contributed by atoms with E-state index >= 15 is 0 Å². The first-order valence-electron chi connectivity index (χ1n) is 4.23. The molecule has 1 saturated carbocycles. The van der Waals surface area contributed by atoms with Crippen molar-refractivity contribution in [2.24, 2.45) is 0 Å². The van der Waals surface area contributed by atoms with Gasteiger partial charge in [-0.3, -0.25) is 0 Å². The van der Waals surface area contributed by atoms with E-state index in [1.165, 1.54) is 12.3 Å². The minimum absolute atomic E-state index is 0.166. The van der Waals surface area contributed by atoms with Crippen LogP contribution in [0.25, 0.3) is 0 Å². The lowest BCUT2D eigenvalue weighted by Gasteiger charge is -2.05. The van der Waals surface area contributed by atoms with Gasteiger partial charge >= 0.3 is 5.82 Å². The van der Waals surface area contributed by atoms with E-state index in [4.69, 9.17) is 10.5 Å². The van der Waals surface area contributed by atoms with E-state index in [9.17, 15) is 10.1 Å². The highest BCUT2D eigenvalue weighted by Crippen LogP contribution is 2.31. The molecular weight excluding hydrogens is 186 g/mol. The molecule has 14 heavy (non-hydrogen) atoms. The van der Waals surface area contributed by atoms with E-state index in [0.717, 1.165) is 12.8 Å². The molecule has 0 atom stereocenters. The molecular formula is C8H9N3O3. The summed E-state index contributed by atoms with van der Waals surface area (Å²) in [5.41, 5.74) is 5.89. The Kier molecular flexibility index (Phi) is 1.95. The van der Waals surface area contributed by atoms with Gasteiger partial charge in [-0.15, -0.1) is 0 Å². The highest BCUT2D eigenvalue weighted by atomic mass is 16.6. The molecule has 74 valence electrons. The predicted octanol–water partition coefficient (Wildman–Crippen LogP) is 1.11. The summed E-state index contributed by atoms with van der Waals surface area (Å²) < 4.78 is 5.38. The number of ether oxygens (including phenoxy) is 1. The van der Waals surface area contributed by atoms with Crippen molar-refractivity contribution in [3.63, 3.8) is 0 Å². The molecule has 6 heteroatoms. The normalized spacial score (nSPS) is 15.1. The maximum atomic E-state index is 10.4. The molecule has 0 radical (unpaired) electrons. The standard InChI is InChI=1S/C8H9N3O3/c9-6-4-10-8(11(12)13)3-7(6)14-5-1-2-5/h3-5H,1-2,9H2. The average Bonchev–Trinajstić information content (AvgIpc) is 2.92. The smallest absolute Gasteiger partial charge is 0.367 e. The second kappa shape index (κ2) is 3.13. The van der Waals surface area contributed by atoms with E-state index < -0.39 is 4.92 Å². The molecule has 0 aromatic carbocycles. The third-order valence-electron chi connectivity index (χ3n) is 1.89. The lowest BCUT2D eigenvalue weighted by Crippen LogP contribution is -2.02. The number of aromatic nitrogens is 1. The Bertz CT molecular complexity index is 376. The molecule has 2 N–H and O–H groups in total. The lowest BCUT2D eigenvalue weighted by molar-refractivity contribution is -0.389. The van der Waals surface area contributed by atoms with Crippen LogP contribution in [0.2, 0.25) is 0 Å². The van der Waals surface area contributed by atoms with E-state index in [-0.39, 0.29) is 11.9 Å². The highest BCUT2D eigenvalue weighted by molar-refractivity contribution is 5.53. The first-order chi connectivity index (χ1) is 6.66. The van der Waals surface area contributed by atoms with Crippen molar-refractivity contribution < 1.29 is 9.66 Å². The topological polar surface area (TPSA) is 91.3 Å². The number of nitrogens with zero attached hydrogens (tertiary/aromatic N) is 2. The van der Waals surface area contributed by atoms with Crippen LogP contribution in [0.5, 0.6) is 5.75 Å². The Morgan fingerprint density at radius 2 is 2.36 bits per heavy atom. The second-order valence-electron chi connectivity index (χ2n) is 3.15. The summed E-state index contributed by atoms with van der Waals surface area (Å²) >= 11 is 0. The van der Waals surface area contributed by atoms with Gasteiger partial charge in [0.2, 0.25) is 0 Å². The van der Waals surface area contributed by atoms with Crippen LogP contribution in [0.15, 0.2) is 12.3 Å². The summed E-state index contributed by atoms with van der Waals surface area (Å²) in [6.07, 6.45) is 3.38. The third kappa shape index (κ3) is 1.73. The van der Waals surface area contributed by atoms with Gasteiger partial charge < -0.3 is 20.6 Å². The van der Waals surface area contributed by atoms with Crippen LogP contribution < -0.4 is 10.5 Å².